The zero-order valence-electron chi connectivity index (χ0n) is 19.6. The number of carbonyl (C=O) groups is 1. The molecule has 0 radical (unpaired) electrons. The number of anilines is 1. The lowest BCUT2D eigenvalue weighted by Crippen LogP contribution is -2.23. The molecule has 0 fully saturated rings. The van der Waals surface area contributed by atoms with Crippen LogP contribution in [0.5, 0.6) is 0 Å². The van der Waals surface area contributed by atoms with Crippen LogP contribution in [0.2, 0.25) is 0 Å². The Morgan fingerprint density at radius 3 is 2.54 bits per heavy atom. The first-order valence-electron chi connectivity index (χ1n) is 11.1. The predicted molar refractivity (Wildman–Crippen MR) is 142 cm³/mol. The lowest BCUT2D eigenvalue weighted by molar-refractivity contribution is -0.137. The summed E-state index contributed by atoms with van der Waals surface area (Å²) >= 11 is 5.32. The van der Waals surface area contributed by atoms with Crippen LogP contribution in [0.4, 0.5) is 23.2 Å². The molecular formula is C25H20BrF4N3O2S2. The van der Waals surface area contributed by atoms with Crippen molar-refractivity contribution in [3.8, 4) is 5.69 Å². The largest absolute Gasteiger partial charge is 0.418 e. The van der Waals surface area contributed by atoms with Crippen LogP contribution in [-0.4, -0.2) is 21.2 Å². The molecule has 0 spiro atoms. The molecule has 0 aliphatic carbocycles. The van der Waals surface area contributed by atoms with Crippen molar-refractivity contribution in [3.05, 3.63) is 79.1 Å². The van der Waals surface area contributed by atoms with Crippen molar-refractivity contribution in [1.82, 2.24) is 9.55 Å². The van der Waals surface area contributed by atoms with E-state index in [1.54, 1.807) is 0 Å². The molecule has 12 heteroatoms. The second kappa shape index (κ2) is 11.0. The Hall–Kier alpha value is -2.70. The average Bonchev–Trinajstić information content (AvgIpc) is 3.14. The number of aromatic nitrogens is 2. The molecule has 4 rings (SSSR count). The predicted octanol–water partition coefficient (Wildman–Crippen LogP) is 7.36. The minimum atomic E-state index is -4.66. The maximum atomic E-state index is 13.6. The number of alkyl halides is 3. The fourth-order valence-corrected chi connectivity index (χ4v) is 6.26. The number of aryl methyl sites for hydroxylation is 2. The molecule has 5 nitrogen and oxygen atoms in total. The van der Waals surface area contributed by atoms with Crippen LogP contribution in [-0.2, 0) is 17.4 Å². The van der Waals surface area contributed by atoms with Gasteiger partial charge < -0.3 is 5.32 Å². The lowest BCUT2D eigenvalue weighted by Gasteiger charge is -2.15. The van der Waals surface area contributed by atoms with E-state index in [9.17, 15) is 27.2 Å². The molecule has 4 aromatic rings. The van der Waals surface area contributed by atoms with Gasteiger partial charge in [-0.2, -0.15) is 13.2 Å². The summed E-state index contributed by atoms with van der Waals surface area (Å²) in [6, 6.07) is 8.73. The molecule has 0 aliphatic rings. The summed E-state index contributed by atoms with van der Waals surface area (Å²) in [6.45, 7) is 3.89. The summed E-state index contributed by atoms with van der Waals surface area (Å²) in [6.07, 6.45) is -3.00. The highest BCUT2D eigenvalue weighted by Crippen LogP contribution is 2.37. The highest BCUT2D eigenvalue weighted by atomic mass is 79.9. The van der Waals surface area contributed by atoms with Crippen molar-refractivity contribution in [1.29, 1.82) is 0 Å². The van der Waals surface area contributed by atoms with Gasteiger partial charge in [-0.05, 0) is 61.4 Å². The smallest absolute Gasteiger partial charge is 0.325 e. The van der Waals surface area contributed by atoms with Crippen LogP contribution in [0.3, 0.4) is 0 Å². The van der Waals surface area contributed by atoms with E-state index in [1.807, 2.05) is 13.8 Å². The van der Waals surface area contributed by atoms with E-state index >= 15 is 0 Å². The second-order valence-corrected chi connectivity index (χ2v) is 11.1. The minimum absolute atomic E-state index is 0.176. The van der Waals surface area contributed by atoms with Gasteiger partial charge in [-0.1, -0.05) is 41.0 Å². The van der Waals surface area contributed by atoms with Crippen LogP contribution >= 0.6 is 39.0 Å². The van der Waals surface area contributed by atoms with Crippen LogP contribution in [0.15, 0.2) is 56.9 Å². The highest BCUT2D eigenvalue weighted by molar-refractivity contribution is 9.10. The van der Waals surface area contributed by atoms with Crippen LogP contribution in [0.25, 0.3) is 15.9 Å². The maximum absolute atomic E-state index is 13.6. The number of amides is 1. The van der Waals surface area contributed by atoms with Crippen molar-refractivity contribution in [2.75, 3.05) is 11.1 Å². The summed E-state index contributed by atoms with van der Waals surface area (Å²) < 4.78 is 55.4. The van der Waals surface area contributed by atoms with E-state index in [2.05, 4.69) is 26.2 Å². The van der Waals surface area contributed by atoms with Gasteiger partial charge in [0.2, 0.25) is 5.91 Å². The number of carbonyl (C=O) groups excluding carboxylic acids is 1. The van der Waals surface area contributed by atoms with Crippen LogP contribution in [0.1, 0.15) is 29.3 Å². The molecule has 2 aromatic heterocycles. The molecule has 37 heavy (non-hydrogen) atoms. The first-order valence-corrected chi connectivity index (χ1v) is 13.7. The van der Waals surface area contributed by atoms with Gasteiger partial charge in [0.05, 0.1) is 28.1 Å². The number of nitrogens with zero attached hydrogens (tertiary/aromatic N) is 2. The SMILES string of the molecule is CCCc1sc2nc(SCC(=O)Nc3ccc(Br)cc3C(F)(F)F)n(-c3ccc(F)cc3)c(=O)c2c1C. The molecule has 2 heterocycles. The molecule has 0 saturated carbocycles. The van der Waals surface area contributed by atoms with Gasteiger partial charge in [0.25, 0.3) is 5.56 Å². The van der Waals surface area contributed by atoms with E-state index in [-0.39, 0.29) is 26.6 Å². The average molecular weight is 614 g/mol. The quantitative estimate of drug-likeness (QED) is 0.134. The van der Waals surface area contributed by atoms with Gasteiger partial charge in [-0.25, -0.2) is 9.37 Å². The Labute approximate surface area is 226 Å². The number of fused-ring (bicyclic) bond motifs is 1. The number of hydrogen-bond donors (Lipinski definition) is 1. The van der Waals surface area contributed by atoms with Crippen molar-refractivity contribution >= 4 is 60.8 Å². The Balaban J connectivity index is 1.70. The van der Waals surface area contributed by atoms with Crippen molar-refractivity contribution < 1.29 is 22.4 Å². The third-order valence-corrected chi connectivity index (χ3v) is 8.17. The number of hydrogen-bond acceptors (Lipinski definition) is 5. The first kappa shape index (κ1) is 27.3. The third-order valence-electron chi connectivity index (χ3n) is 5.49. The first-order chi connectivity index (χ1) is 17.5. The van der Waals surface area contributed by atoms with Gasteiger partial charge in [0.15, 0.2) is 5.16 Å². The monoisotopic (exact) mass is 613 g/mol. The number of thioether (sulfide) groups is 1. The topological polar surface area (TPSA) is 64.0 Å². The van der Waals surface area contributed by atoms with Gasteiger partial charge in [0, 0.05) is 9.35 Å². The van der Waals surface area contributed by atoms with Crippen molar-refractivity contribution in [2.24, 2.45) is 0 Å². The zero-order chi connectivity index (χ0) is 26.9. The Morgan fingerprint density at radius 1 is 1.19 bits per heavy atom. The minimum Gasteiger partial charge on any atom is -0.325 e. The fourth-order valence-electron chi connectivity index (χ4n) is 3.77. The van der Waals surface area contributed by atoms with Crippen molar-refractivity contribution in [3.63, 3.8) is 0 Å². The summed E-state index contributed by atoms with van der Waals surface area (Å²) in [4.78, 5) is 32.4. The molecule has 0 atom stereocenters. The molecule has 0 saturated heterocycles. The zero-order valence-corrected chi connectivity index (χ0v) is 22.8. The van der Waals surface area contributed by atoms with Gasteiger partial charge in [-0.15, -0.1) is 11.3 Å². The van der Waals surface area contributed by atoms with Gasteiger partial charge >= 0.3 is 6.18 Å². The summed E-state index contributed by atoms with van der Waals surface area (Å²) in [5.41, 5.74) is -0.528. The highest BCUT2D eigenvalue weighted by Gasteiger charge is 2.34. The van der Waals surface area contributed by atoms with E-state index in [0.717, 1.165) is 47.2 Å². The summed E-state index contributed by atoms with van der Waals surface area (Å²) in [5, 5.41) is 2.93. The van der Waals surface area contributed by atoms with Crippen molar-refractivity contribution in [2.45, 2.75) is 38.0 Å². The second-order valence-electron chi connectivity index (χ2n) is 8.12. The van der Waals surface area contributed by atoms with E-state index in [0.29, 0.717) is 15.9 Å². The van der Waals surface area contributed by atoms with Gasteiger partial charge in [0.1, 0.15) is 10.6 Å². The molecule has 0 unspecified atom stereocenters. The maximum Gasteiger partial charge on any atom is 0.418 e. The van der Waals surface area contributed by atoms with Crippen LogP contribution < -0.4 is 10.9 Å². The number of rotatable bonds is 7. The lowest BCUT2D eigenvalue weighted by atomic mass is 10.1. The normalized spacial score (nSPS) is 11.8. The Bertz CT molecular complexity index is 1530. The molecule has 194 valence electrons. The number of halogens is 5. The fraction of sp³-hybridized carbons (Fsp3) is 0.240. The number of benzene rings is 2. The van der Waals surface area contributed by atoms with Gasteiger partial charge in [-0.3, -0.25) is 14.2 Å². The summed E-state index contributed by atoms with van der Waals surface area (Å²) in [7, 11) is 0. The standard InChI is InChI=1S/C25H20BrF4N3O2S2/c1-3-4-19-13(2)21-22(37-19)32-24(33(23(21)35)16-8-6-15(27)7-9-16)36-12-20(34)31-18-10-5-14(26)11-17(18)25(28,29)30/h5-11H,3-4,12H2,1-2H3,(H,31,34). The Morgan fingerprint density at radius 2 is 1.89 bits per heavy atom. The summed E-state index contributed by atoms with van der Waals surface area (Å²) in [5.74, 6) is -1.49. The van der Waals surface area contributed by atoms with Crippen LogP contribution in [0, 0.1) is 12.7 Å². The third kappa shape index (κ3) is 5.91. The molecular weight excluding hydrogens is 594 g/mol. The molecule has 2 aromatic carbocycles. The number of nitrogens with one attached hydrogen (secondary N) is 1. The van der Waals surface area contributed by atoms with E-state index in [4.69, 9.17) is 0 Å². The Kier molecular flexibility index (Phi) is 8.10. The van der Waals surface area contributed by atoms with E-state index < -0.39 is 23.5 Å². The molecule has 1 amide bonds. The number of thiophene rings is 1. The molecule has 0 bridgehead atoms. The van der Waals surface area contributed by atoms with E-state index in [1.165, 1.54) is 46.2 Å². The molecule has 0 aliphatic heterocycles. The molecule has 1 N–H and O–H groups in total.